The third-order valence-corrected chi connectivity index (χ3v) is 7.00. The van der Waals surface area contributed by atoms with E-state index in [1.807, 2.05) is 6.92 Å². The Hall–Kier alpha value is -2.15. The summed E-state index contributed by atoms with van der Waals surface area (Å²) in [6.07, 6.45) is 3.09. The summed E-state index contributed by atoms with van der Waals surface area (Å²) in [5.74, 6) is -4.09. The van der Waals surface area contributed by atoms with Gasteiger partial charge in [-0.1, -0.05) is 19.4 Å². The molecule has 7 nitrogen and oxygen atoms in total. The summed E-state index contributed by atoms with van der Waals surface area (Å²) >= 11 is 0. The SMILES string of the molecule is CC=C(C)C(=O)OC1C2=C(C)C(=O)OC2(OC)CC2CCCC(C(=O)O)C21C. The van der Waals surface area contributed by atoms with Crippen LogP contribution < -0.4 is 0 Å². The fourth-order valence-electron chi connectivity index (χ4n) is 5.18. The van der Waals surface area contributed by atoms with E-state index in [1.54, 1.807) is 26.8 Å². The fourth-order valence-corrected chi connectivity index (χ4v) is 5.18. The van der Waals surface area contributed by atoms with E-state index in [-0.39, 0.29) is 5.92 Å². The first kappa shape index (κ1) is 20.6. The number of carboxylic acid groups (broad SMARTS) is 1. The Morgan fingerprint density at radius 2 is 2.00 bits per heavy atom. The Bertz CT molecular complexity index is 780. The van der Waals surface area contributed by atoms with Crippen molar-refractivity contribution >= 4 is 17.9 Å². The minimum Gasteiger partial charge on any atom is -0.481 e. The number of rotatable bonds is 4. The number of carbonyl (C=O) groups is 3. The molecule has 0 radical (unpaired) electrons. The summed E-state index contributed by atoms with van der Waals surface area (Å²) in [7, 11) is 1.46. The van der Waals surface area contributed by atoms with Crippen LogP contribution in [-0.2, 0) is 28.6 Å². The van der Waals surface area contributed by atoms with Crippen LogP contribution in [0.4, 0.5) is 0 Å². The van der Waals surface area contributed by atoms with Crippen LogP contribution in [0.2, 0.25) is 0 Å². The van der Waals surface area contributed by atoms with Gasteiger partial charge < -0.3 is 19.3 Å². The quantitative estimate of drug-likeness (QED) is 0.580. The molecule has 2 aliphatic carbocycles. The lowest BCUT2D eigenvalue weighted by Gasteiger charge is -2.56. The number of carbonyl (C=O) groups excluding carboxylic acids is 2. The highest BCUT2D eigenvalue weighted by molar-refractivity contribution is 5.93. The van der Waals surface area contributed by atoms with E-state index in [0.717, 1.165) is 12.8 Å². The Kier molecular flexibility index (Phi) is 5.17. The van der Waals surface area contributed by atoms with Crippen LogP contribution in [-0.4, -0.2) is 42.0 Å². The van der Waals surface area contributed by atoms with Crippen molar-refractivity contribution in [1.82, 2.24) is 0 Å². The maximum atomic E-state index is 12.7. The van der Waals surface area contributed by atoms with Gasteiger partial charge in [0.1, 0.15) is 6.10 Å². The molecule has 2 fully saturated rings. The van der Waals surface area contributed by atoms with Crippen molar-refractivity contribution in [1.29, 1.82) is 0 Å². The van der Waals surface area contributed by atoms with Crippen molar-refractivity contribution < 1.29 is 33.7 Å². The second kappa shape index (κ2) is 7.03. The van der Waals surface area contributed by atoms with Gasteiger partial charge in [0.05, 0.1) is 11.5 Å². The molecular formula is C21H28O7. The van der Waals surface area contributed by atoms with Crippen molar-refractivity contribution in [2.45, 2.75) is 65.3 Å². The molecule has 3 aliphatic rings. The first-order chi connectivity index (χ1) is 13.1. The Balaban J connectivity index is 2.19. The summed E-state index contributed by atoms with van der Waals surface area (Å²) in [4.78, 5) is 37.2. The maximum Gasteiger partial charge on any atom is 0.336 e. The smallest absolute Gasteiger partial charge is 0.336 e. The predicted octanol–water partition coefficient (Wildman–Crippen LogP) is 2.99. The summed E-state index contributed by atoms with van der Waals surface area (Å²) in [5.41, 5.74) is 0.330. The van der Waals surface area contributed by atoms with Gasteiger partial charge in [-0.25, -0.2) is 9.59 Å². The maximum absolute atomic E-state index is 12.7. The molecule has 0 aromatic carbocycles. The monoisotopic (exact) mass is 392 g/mol. The fraction of sp³-hybridized carbons (Fsp3) is 0.667. The van der Waals surface area contributed by atoms with E-state index in [1.165, 1.54) is 7.11 Å². The Labute approximate surface area is 164 Å². The molecule has 2 saturated carbocycles. The molecule has 1 aliphatic heterocycles. The molecular weight excluding hydrogens is 364 g/mol. The van der Waals surface area contributed by atoms with Gasteiger partial charge in [-0.2, -0.15) is 0 Å². The number of ether oxygens (including phenoxy) is 3. The summed E-state index contributed by atoms with van der Waals surface area (Å²) in [6.45, 7) is 6.85. The minimum absolute atomic E-state index is 0.131. The number of aliphatic carboxylic acids is 1. The highest BCUT2D eigenvalue weighted by Crippen LogP contribution is 2.61. The normalized spacial score (nSPS) is 37.8. The van der Waals surface area contributed by atoms with Crippen LogP contribution in [0.3, 0.4) is 0 Å². The molecule has 3 rings (SSSR count). The number of hydrogen-bond donors (Lipinski definition) is 1. The molecule has 0 aromatic rings. The van der Waals surface area contributed by atoms with Crippen molar-refractivity contribution in [2.24, 2.45) is 17.3 Å². The van der Waals surface area contributed by atoms with Crippen molar-refractivity contribution in [3.05, 3.63) is 22.8 Å². The second-order valence-electron chi connectivity index (χ2n) is 8.23. The first-order valence-corrected chi connectivity index (χ1v) is 9.68. The molecule has 1 heterocycles. The highest BCUT2D eigenvalue weighted by Gasteiger charge is 2.67. The minimum atomic E-state index is -1.31. The lowest BCUT2D eigenvalue weighted by molar-refractivity contribution is -0.238. The van der Waals surface area contributed by atoms with Crippen molar-refractivity contribution in [3.63, 3.8) is 0 Å². The van der Waals surface area contributed by atoms with Gasteiger partial charge in [0.15, 0.2) is 0 Å². The van der Waals surface area contributed by atoms with Crippen LogP contribution >= 0.6 is 0 Å². The molecule has 0 saturated heterocycles. The first-order valence-electron chi connectivity index (χ1n) is 9.68. The number of hydrogen-bond acceptors (Lipinski definition) is 6. The van der Waals surface area contributed by atoms with E-state index in [9.17, 15) is 19.5 Å². The van der Waals surface area contributed by atoms with Crippen LogP contribution in [0.1, 0.15) is 53.4 Å². The van der Waals surface area contributed by atoms with E-state index in [2.05, 4.69) is 0 Å². The molecule has 1 N–H and O–H groups in total. The Morgan fingerprint density at radius 3 is 2.57 bits per heavy atom. The molecule has 0 aromatic heterocycles. The lowest BCUT2D eigenvalue weighted by Crippen LogP contribution is -2.61. The Morgan fingerprint density at radius 1 is 1.32 bits per heavy atom. The molecule has 154 valence electrons. The largest absolute Gasteiger partial charge is 0.481 e. The van der Waals surface area contributed by atoms with Crippen molar-refractivity contribution in [3.8, 4) is 0 Å². The van der Waals surface area contributed by atoms with Gasteiger partial charge >= 0.3 is 17.9 Å². The van der Waals surface area contributed by atoms with Gasteiger partial charge in [0.25, 0.3) is 0 Å². The number of carboxylic acids is 1. The molecule has 0 amide bonds. The molecule has 0 bridgehead atoms. The molecule has 7 heteroatoms. The molecule has 0 spiro atoms. The predicted molar refractivity (Wildman–Crippen MR) is 99.0 cm³/mol. The van der Waals surface area contributed by atoms with Gasteiger partial charge in [0, 0.05) is 30.1 Å². The summed E-state index contributed by atoms with van der Waals surface area (Å²) in [5, 5.41) is 9.93. The topological polar surface area (TPSA) is 99.1 Å². The van der Waals surface area contributed by atoms with Crippen LogP contribution in [0.5, 0.6) is 0 Å². The van der Waals surface area contributed by atoms with Gasteiger partial charge in [-0.15, -0.1) is 0 Å². The van der Waals surface area contributed by atoms with Gasteiger partial charge in [-0.05, 0) is 39.5 Å². The van der Waals surface area contributed by atoms with E-state index in [4.69, 9.17) is 14.2 Å². The van der Waals surface area contributed by atoms with Gasteiger partial charge in [0.2, 0.25) is 5.79 Å². The number of methoxy groups -OCH3 is 1. The summed E-state index contributed by atoms with van der Waals surface area (Å²) in [6, 6.07) is 0. The second-order valence-corrected chi connectivity index (χ2v) is 8.23. The third-order valence-electron chi connectivity index (χ3n) is 7.00. The standard InChI is InChI=1S/C21H28O7/c1-6-11(2)18(24)27-16-15-12(3)19(25)28-21(15,26-5)10-13-8-7-9-14(17(22)23)20(13,16)4/h6,13-14,16H,7-10H2,1-5H3,(H,22,23). The number of esters is 2. The third kappa shape index (κ3) is 2.79. The zero-order valence-corrected chi connectivity index (χ0v) is 17.0. The van der Waals surface area contributed by atoms with E-state index in [0.29, 0.717) is 29.6 Å². The van der Waals surface area contributed by atoms with Crippen molar-refractivity contribution in [2.75, 3.05) is 7.11 Å². The number of allylic oxidation sites excluding steroid dienone is 1. The van der Waals surface area contributed by atoms with Crippen LogP contribution in [0.25, 0.3) is 0 Å². The lowest BCUT2D eigenvalue weighted by atomic mass is 9.51. The molecule has 5 unspecified atom stereocenters. The zero-order valence-electron chi connectivity index (χ0n) is 17.0. The molecule has 28 heavy (non-hydrogen) atoms. The average molecular weight is 392 g/mol. The average Bonchev–Trinajstić information content (AvgIpc) is 2.91. The molecule has 5 atom stereocenters. The van der Waals surface area contributed by atoms with Crippen LogP contribution in [0, 0.1) is 17.3 Å². The van der Waals surface area contributed by atoms with E-state index >= 15 is 0 Å². The van der Waals surface area contributed by atoms with E-state index < -0.39 is 41.1 Å². The zero-order chi connectivity index (χ0) is 20.9. The number of fused-ring (bicyclic) bond motifs is 2. The summed E-state index contributed by atoms with van der Waals surface area (Å²) < 4.78 is 17.2. The van der Waals surface area contributed by atoms with Gasteiger partial charge in [-0.3, -0.25) is 4.79 Å². The highest BCUT2D eigenvalue weighted by atomic mass is 16.7. The van der Waals surface area contributed by atoms with Crippen LogP contribution in [0.15, 0.2) is 22.8 Å².